The van der Waals surface area contributed by atoms with Gasteiger partial charge in [0, 0.05) is 30.1 Å². The Hall–Kier alpha value is -2.59. The molecular formula is C21H21ClN2O2. The summed E-state index contributed by atoms with van der Waals surface area (Å²) < 4.78 is 0. The number of rotatable bonds is 4. The highest BCUT2D eigenvalue weighted by Crippen LogP contribution is 2.39. The Morgan fingerprint density at radius 3 is 2.50 bits per heavy atom. The summed E-state index contributed by atoms with van der Waals surface area (Å²) in [4.78, 5) is 18.3. The highest BCUT2D eigenvalue weighted by atomic mass is 35.5. The lowest BCUT2D eigenvalue weighted by Crippen LogP contribution is -2.15. The number of fused-ring (bicyclic) bond motifs is 1. The Morgan fingerprint density at radius 2 is 1.88 bits per heavy atom. The van der Waals surface area contributed by atoms with Crippen molar-refractivity contribution in [1.29, 1.82) is 0 Å². The number of pyridine rings is 1. The Balaban J connectivity index is 2.45. The van der Waals surface area contributed by atoms with Gasteiger partial charge in [-0.25, -0.2) is 9.78 Å². The number of hydrogen-bond donors (Lipinski definition) is 1. The molecule has 0 saturated carbocycles. The third kappa shape index (κ3) is 3.25. The lowest BCUT2D eigenvalue weighted by molar-refractivity contribution is 0.0692. The van der Waals surface area contributed by atoms with Crippen molar-refractivity contribution in [3.8, 4) is 11.1 Å². The van der Waals surface area contributed by atoms with Crippen LogP contribution in [0.15, 0.2) is 42.5 Å². The Morgan fingerprint density at radius 1 is 1.15 bits per heavy atom. The van der Waals surface area contributed by atoms with Crippen molar-refractivity contribution in [2.24, 2.45) is 0 Å². The average Bonchev–Trinajstić information content (AvgIpc) is 2.59. The molecule has 1 heterocycles. The number of hydrogen-bond acceptors (Lipinski definition) is 3. The van der Waals surface area contributed by atoms with Crippen LogP contribution in [0.5, 0.6) is 0 Å². The van der Waals surface area contributed by atoms with E-state index in [1.165, 1.54) is 0 Å². The van der Waals surface area contributed by atoms with E-state index in [4.69, 9.17) is 11.6 Å². The standard InChI is InChI=1S/C21H21ClN2O2/c1-12(2)13-6-5-7-14(10-13)18-19(21(25)26)23-17-9-8-15(22)11-16(17)20(18)24(3)4/h5-12H,1-4H3,(H,25,26). The van der Waals surface area contributed by atoms with E-state index < -0.39 is 5.97 Å². The van der Waals surface area contributed by atoms with Gasteiger partial charge in [0.05, 0.1) is 11.2 Å². The molecule has 26 heavy (non-hydrogen) atoms. The first-order valence-electron chi connectivity index (χ1n) is 8.43. The molecule has 0 unspecified atom stereocenters. The van der Waals surface area contributed by atoms with Crippen LogP contribution in [0.25, 0.3) is 22.0 Å². The maximum Gasteiger partial charge on any atom is 0.355 e. The van der Waals surface area contributed by atoms with E-state index in [1.54, 1.807) is 12.1 Å². The predicted octanol–water partition coefficient (Wildman–Crippen LogP) is 5.44. The van der Waals surface area contributed by atoms with Crippen LogP contribution in [0.2, 0.25) is 5.02 Å². The topological polar surface area (TPSA) is 53.4 Å². The molecule has 4 nitrogen and oxygen atoms in total. The normalized spacial score (nSPS) is 11.2. The van der Waals surface area contributed by atoms with Gasteiger partial charge in [-0.2, -0.15) is 0 Å². The number of aromatic nitrogens is 1. The third-order valence-electron chi connectivity index (χ3n) is 4.41. The molecule has 0 spiro atoms. The lowest BCUT2D eigenvalue weighted by Gasteiger charge is -2.22. The van der Waals surface area contributed by atoms with E-state index in [0.29, 0.717) is 22.0 Å². The Labute approximate surface area is 158 Å². The quantitative estimate of drug-likeness (QED) is 0.665. The van der Waals surface area contributed by atoms with Crippen molar-refractivity contribution in [1.82, 2.24) is 4.98 Å². The van der Waals surface area contributed by atoms with Gasteiger partial charge >= 0.3 is 5.97 Å². The second kappa shape index (κ2) is 6.96. The number of nitrogens with zero attached hydrogens (tertiary/aromatic N) is 2. The molecule has 5 heteroatoms. The van der Waals surface area contributed by atoms with Crippen molar-refractivity contribution in [3.63, 3.8) is 0 Å². The van der Waals surface area contributed by atoms with Crippen molar-refractivity contribution in [2.75, 3.05) is 19.0 Å². The van der Waals surface area contributed by atoms with Crippen LogP contribution >= 0.6 is 11.6 Å². The number of halogens is 1. The van der Waals surface area contributed by atoms with Gasteiger partial charge in [0.1, 0.15) is 0 Å². The zero-order valence-corrected chi connectivity index (χ0v) is 16.0. The zero-order chi connectivity index (χ0) is 19.0. The van der Waals surface area contributed by atoms with E-state index in [9.17, 15) is 9.90 Å². The number of benzene rings is 2. The van der Waals surface area contributed by atoms with Crippen LogP contribution in [0, 0.1) is 0 Å². The van der Waals surface area contributed by atoms with Crippen LogP contribution in [0.3, 0.4) is 0 Å². The van der Waals surface area contributed by atoms with E-state index in [1.807, 2.05) is 43.3 Å². The van der Waals surface area contributed by atoms with Crippen molar-refractivity contribution in [3.05, 3.63) is 58.7 Å². The second-order valence-corrected chi connectivity index (χ2v) is 7.26. The molecule has 0 atom stereocenters. The molecule has 0 aliphatic rings. The summed E-state index contributed by atoms with van der Waals surface area (Å²) in [6.07, 6.45) is 0. The fourth-order valence-corrected chi connectivity index (χ4v) is 3.34. The molecule has 0 saturated heterocycles. The number of carbonyl (C=O) groups is 1. The molecule has 0 fully saturated rings. The molecule has 1 N–H and O–H groups in total. The molecular weight excluding hydrogens is 348 g/mol. The third-order valence-corrected chi connectivity index (χ3v) is 4.65. The van der Waals surface area contributed by atoms with Crippen LogP contribution in [0.1, 0.15) is 35.8 Å². The molecule has 0 amide bonds. The van der Waals surface area contributed by atoms with Crippen LogP contribution in [0.4, 0.5) is 5.69 Å². The first kappa shape index (κ1) is 18.2. The highest BCUT2D eigenvalue weighted by Gasteiger charge is 2.23. The maximum atomic E-state index is 12.0. The molecule has 3 rings (SSSR count). The van der Waals surface area contributed by atoms with E-state index in [0.717, 1.165) is 22.2 Å². The summed E-state index contributed by atoms with van der Waals surface area (Å²) in [5.41, 5.74) is 4.06. The van der Waals surface area contributed by atoms with Crippen molar-refractivity contribution in [2.45, 2.75) is 19.8 Å². The molecule has 0 aliphatic carbocycles. The van der Waals surface area contributed by atoms with Crippen LogP contribution < -0.4 is 4.90 Å². The van der Waals surface area contributed by atoms with Gasteiger partial charge < -0.3 is 10.0 Å². The van der Waals surface area contributed by atoms with Gasteiger partial charge in [-0.15, -0.1) is 0 Å². The molecule has 3 aromatic rings. The second-order valence-electron chi connectivity index (χ2n) is 6.83. The summed E-state index contributed by atoms with van der Waals surface area (Å²) in [5.74, 6) is -0.705. The largest absolute Gasteiger partial charge is 0.476 e. The van der Waals surface area contributed by atoms with Gasteiger partial charge in [0.15, 0.2) is 5.69 Å². The van der Waals surface area contributed by atoms with Crippen LogP contribution in [-0.2, 0) is 0 Å². The summed E-state index contributed by atoms with van der Waals surface area (Å²) in [6, 6.07) is 13.3. The smallest absolute Gasteiger partial charge is 0.355 e. The first-order chi connectivity index (χ1) is 12.3. The van der Waals surface area contributed by atoms with Gasteiger partial charge in [-0.05, 0) is 35.2 Å². The molecule has 1 aromatic heterocycles. The first-order valence-corrected chi connectivity index (χ1v) is 8.81. The minimum atomic E-state index is -1.05. The molecule has 0 bridgehead atoms. The fraction of sp³-hybridized carbons (Fsp3) is 0.238. The van der Waals surface area contributed by atoms with Crippen LogP contribution in [-0.4, -0.2) is 30.2 Å². The molecule has 0 radical (unpaired) electrons. The van der Waals surface area contributed by atoms with Gasteiger partial charge in [0.25, 0.3) is 0 Å². The lowest BCUT2D eigenvalue weighted by atomic mass is 9.94. The van der Waals surface area contributed by atoms with Gasteiger partial charge in [-0.1, -0.05) is 49.7 Å². The number of anilines is 1. The number of aromatic carboxylic acids is 1. The molecule has 134 valence electrons. The van der Waals surface area contributed by atoms with Crippen molar-refractivity contribution < 1.29 is 9.90 Å². The monoisotopic (exact) mass is 368 g/mol. The van der Waals surface area contributed by atoms with Gasteiger partial charge in [-0.3, -0.25) is 0 Å². The summed E-state index contributed by atoms with van der Waals surface area (Å²) >= 11 is 6.20. The van der Waals surface area contributed by atoms with E-state index in [2.05, 4.69) is 24.9 Å². The predicted molar refractivity (Wildman–Crippen MR) is 108 cm³/mol. The molecule has 2 aromatic carbocycles. The Bertz CT molecular complexity index is 997. The molecule has 0 aliphatic heterocycles. The summed E-state index contributed by atoms with van der Waals surface area (Å²) in [6.45, 7) is 4.23. The van der Waals surface area contributed by atoms with Gasteiger partial charge in [0.2, 0.25) is 0 Å². The van der Waals surface area contributed by atoms with Crippen molar-refractivity contribution >= 4 is 34.2 Å². The minimum Gasteiger partial charge on any atom is -0.476 e. The highest BCUT2D eigenvalue weighted by molar-refractivity contribution is 6.31. The average molecular weight is 369 g/mol. The SMILES string of the molecule is CC(C)c1cccc(-c2c(C(=O)O)nc3ccc(Cl)cc3c2N(C)C)c1. The zero-order valence-electron chi connectivity index (χ0n) is 15.2. The fourth-order valence-electron chi connectivity index (χ4n) is 3.16. The number of carboxylic acids is 1. The number of carboxylic acid groups (broad SMARTS) is 1. The van der Waals surface area contributed by atoms with E-state index >= 15 is 0 Å². The Kier molecular flexibility index (Phi) is 4.88. The van der Waals surface area contributed by atoms with E-state index in [-0.39, 0.29) is 5.69 Å². The summed E-state index contributed by atoms with van der Waals surface area (Å²) in [7, 11) is 3.80. The minimum absolute atomic E-state index is 0.0458. The maximum absolute atomic E-state index is 12.0. The summed E-state index contributed by atoms with van der Waals surface area (Å²) in [5, 5.41) is 11.2.